The molecule has 0 saturated carbocycles. The maximum atomic E-state index is 12.1. The Hall–Kier alpha value is -1.89. The second kappa shape index (κ2) is 6.51. The lowest BCUT2D eigenvalue weighted by Crippen LogP contribution is -2.38. The highest BCUT2D eigenvalue weighted by atomic mass is 32.2. The molecule has 1 aromatic rings. The van der Waals surface area contributed by atoms with Crippen molar-refractivity contribution in [1.82, 2.24) is 5.32 Å². The first-order valence-electron chi connectivity index (χ1n) is 6.15. The van der Waals surface area contributed by atoms with Crippen LogP contribution in [0.2, 0.25) is 0 Å². The van der Waals surface area contributed by atoms with Gasteiger partial charge in [0.2, 0.25) is 0 Å². The van der Waals surface area contributed by atoms with Gasteiger partial charge in [0, 0.05) is 0 Å². The minimum atomic E-state index is -3.55. The van der Waals surface area contributed by atoms with E-state index >= 15 is 0 Å². The van der Waals surface area contributed by atoms with E-state index in [2.05, 4.69) is 5.32 Å². The van der Waals surface area contributed by atoms with Crippen LogP contribution in [0.3, 0.4) is 0 Å². The van der Waals surface area contributed by atoms with Gasteiger partial charge in [0.25, 0.3) is 5.91 Å². The number of sulfone groups is 1. The van der Waals surface area contributed by atoms with Gasteiger partial charge >= 0.3 is 5.97 Å². The largest absolute Gasteiger partial charge is 0.480 e. The van der Waals surface area contributed by atoms with Gasteiger partial charge in [-0.25, -0.2) is 8.42 Å². The van der Waals surface area contributed by atoms with Gasteiger partial charge in [0.1, 0.15) is 6.04 Å². The van der Waals surface area contributed by atoms with Crippen LogP contribution in [0.5, 0.6) is 0 Å². The van der Waals surface area contributed by atoms with Crippen molar-refractivity contribution in [1.29, 1.82) is 0 Å². The summed E-state index contributed by atoms with van der Waals surface area (Å²) in [4.78, 5) is 22.6. The highest BCUT2D eigenvalue weighted by Gasteiger charge is 2.23. The van der Waals surface area contributed by atoms with Crippen molar-refractivity contribution in [2.75, 3.05) is 5.75 Å². The Kier molecular flexibility index (Phi) is 5.26. The number of amides is 1. The summed E-state index contributed by atoms with van der Waals surface area (Å²) in [6.07, 6.45) is 0.434. The highest BCUT2D eigenvalue weighted by molar-refractivity contribution is 7.91. The summed E-state index contributed by atoms with van der Waals surface area (Å²) in [7, 11) is -3.55. The first-order valence-corrected chi connectivity index (χ1v) is 7.80. The topological polar surface area (TPSA) is 101 Å². The van der Waals surface area contributed by atoms with Crippen molar-refractivity contribution < 1.29 is 23.1 Å². The fourth-order valence-corrected chi connectivity index (χ4v) is 3.18. The molecule has 1 amide bonds. The normalized spacial score (nSPS) is 12.7. The number of carbonyl (C=O) groups excluding carboxylic acids is 1. The number of carboxylic acids is 1. The Balaban J connectivity index is 3.14. The maximum absolute atomic E-state index is 12.1. The molecule has 0 fully saturated rings. The Bertz CT molecular complexity index is 609. The van der Waals surface area contributed by atoms with Crippen molar-refractivity contribution in [3.05, 3.63) is 29.8 Å². The molecule has 0 aromatic heterocycles. The molecule has 0 aliphatic carbocycles. The van der Waals surface area contributed by atoms with Crippen LogP contribution in [-0.2, 0) is 14.6 Å². The summed E-state index contributed by atoms with van der Waals surface area (Å²) in [5, 5.41) is 11.0. The van der Waals surface area contributed by atoms with E-state index < -0.39 is 27.8 Å². The van der Waals surface area contributed by atoms with Crippen LogP contribution < -0.4 is 5.32 Å². The van der Waals surface area contributed by atoms with Gasteiger partial charge in [-0.2, -0.15) is 0 Å². The van der Waals surface area contributed by atoms with Crippen LogP contribution in [-0.4, -0.2) is 37.2 Å². The molecule has 110 valence electrons. The standard InChI is InChI=1S/C13H17NO5S/c1-3-8-20(18,19)11-7-5-4-6-10(11)12(15)14-9(2)13(16)17/h4-7,9H,3,8H2,1-2H3,(H,14,15)(H,16,17). The van der Waals surface area contributed by atoms with E-state index in [1.54, 1.807) is 6.92 Å². The number of hydrogen-bond acceptors (Lipinski definition) is 4. The number of aliphatic carboxylic acids is 1. The molecule has 7 heteroatoms. The molecule has 6 nitrogen and oxygen atoms in total. The van der Waals surface area contributed by atoms with E-state index in [0.29, 0.717) is 6.42 Å². The van der Waals surface area contributed by atoms with Gasteiger partial charge in [-0.05, 0) is 25.5 Å². The van der Waals surface area contributed by atoms with Crippen molar-refractivity contribution in [3.63, 3.8) is 0 Å². The van der Waals surface area contributed by atoms with Gasteiger partial charge in [-0.1, -0.05) is 19.1 Å². The van der Waals surface area contributed by atoms with E-state index in [9.17, 15) is 18.0 Å². The molecule has 0 aliphatic heterocycles. The quantitative estimate of drug-likeness (QED) is 0.818. The summed E-state index contributed by atoms with van der Waals surface area (Å²) in [5.41, 5.74) is -0.0333. The average Bonchev–Trinajstić information content (AvgIpc) is 2.38. The van der Waals surface area contributed by atoms with E-state index in [4.69, 9.17) is 5.11 Å². The second-order valence-electron chi connectivity index (χ2n) is 4.35. The molecule has 2 N–H and O–H groups in total. The zero-order chi connectivity index (χ0) is 15.3. The zero-order valence-electron chi connectivity index (χ0n) is 11.3. The lowest BCUT2D eigenvalue weighted by molar-refractivity contribution is -0.138. The molecule has 1 aromatic carbocycles. The van der Waals surface area contributed by atoms with Gasteiger partial charge in [0.05, 0.1) is 16.2 Å². The summed E-state index contributed by atoms with van der Waals surface area (Å²) in [5.74, 6) is -1.96. The first-order chi connectivity index (χ1) is 9.29. The fourth-order valence-electron chi connectivity index (χ4n) is 1.64. The van der Waals surface area contributed by atoms with E-state index in [1.807, 2.05) is 0 Å². The lowest BCUT2D eigenvalue weighted by atomic mass is 10.2. The van der Waals surface area contributed by atoms with Crippen LogP contribution in [0, 0.1) is 0 Å². The molecule has 0 spiro atoms. The van der Waals surface area contributed by atoms with E-state index in [1.165, 1.54) is 31.2 Å². The van der Waals surface area contributed by atoms with Gasteiger partial charge in [-0.15, -0.1) is 0 Å². The number of nitrogens with one attached hydrogen (secondary N) is 1. The molecule has 1 rings (SSSR count). The van der Waals surface area contributed by atoms with Crippen LogP contribution in [0.15, 0.2) is 29.2 Å². The molecular weight excluding hydrogens is 282 g/mol. The predicted molar refractivity (Wildman–Crippen MR) is 73.3 cm³/mol. The van der Waals surface area contributed by atoms with Crippen LogP contribution in [0.25, 0.3) is 0 Å². The molecule has 20 heavy (non-hydrogen) atoms. The third-order valence-corrected chi connectivity index (χ3v) is 4.63. The lowest BCUT2D eigenvalue weighted by Gasteiger charge is -2.12. The Morgan fingerprint density at radius 3 is 2.45 bits per heavy atom. The molecular formula is C13H17NO5S. The SMILES string of the molecule is CCCS(=O)(=O)c1ccccc1C(=O)NC(C)C(=O)O. The minimum absolute atomic E-state index is 0.0333. The second-order valence-corrected chi connectivity index (χ2v) is 6.43. The fraction of sp³-hybridized carbons (Fsp3) is 0.385. The monoisotopic (exact) mass is 299 g/mol. The molecule has 1 atom stereocenters. The molecule has 0 heterocycles. The number of carbonyl (C=O) groups is 2. The molecule has 0 aliphatic rings. The first kappa shape index (κ1) is 16.2. The number of carboxylic acid groups (broad SMARTS) is 1. The van der Waals surface area contributed by atoms with Crippen LogP contribution in [0.1, 0.15) is 30.6 Å². The molecule has 1 unspecified atom stereocenters. The van der Waals surface area contributed by atoms with Crippen molar-refractivity contribution in [2.45, 2.75) is 31.2 Å². The van der Waals surface area contributed by atoms with E-state index in [-0.39, 0.29) is 16.2 Å². The Labute approximate surface area is 117 Å². The number of hydrogen-bond donors (Lipinski definition) is 2. The zero-order valence-corrected chi connectivity index (χ0v) is 12.1. The summed E-state index contributed by atoms with van der Waals surface area (Å²) in [6, 6.07) is 4.69. The van der Waals surface area contributed by atoms with Crippen LogP contribution in [0.4, 0.5) is 0 Å². The van der Waals surface area contributed by atoms with Crippen molar-refractivity contribution in [2.24, 2.45) is 0 Å². The van der Waals surface area contributed by atoms with E-state index in [0.717, 1.165) is 0 Å². The predicted octanol–water partition coefficient (Wildman–Crippen LogP) is 1.07. The number of benzene rings is 1. The smallest absolute Gasteiger partial charge is 0.325 e. The van der Waals surface area contributed by atoms with Gasteiger partial charge in [0.15, 0.2) is 9.84 Å². The summed E-state index contributed by atoms with van der Waals surface area (Å²) in [6.45, 7) is 3.04. The van der Waals surface area contributed by atoms with Gasteiger partial charge in [-0.3, -0.25) is 9.59 Å². The summed E-state index contributed by atoms with van der Waals surface area (Å²) >= 11 is 0. The maximum Gasteiger partial charge on any atom is 0.325 e. The molecule has 0 radical (unpaired) electrons. The average molecular weight is 299 g/mol. The number of rotatable bonds is 6. The molecule has 0 bridgehead atoms. The summed E-state index contributed by atoms with van der Waals surface area (Å²) < 4.78 is 24.2. The Morgan fingerprint density at radius 1 is 1.30 bits per heavy atom. The van der Waals surface area contributed by atoms with Crippen molar-refractivity contribution in [3.8, 4) is 0 Å². The van der Waals surface area contributed by atoms with Crippen molar-refractivity contribution >= 4 is 21.7 Å². The third-order valence-electron chi connectivity index (χ3n) is 2.66. The highest BCUT2D eigenvalue weighted by Crippen LogP contribution is 2.18. The van der Waals surface area contributed by atoms with Gasteiger partial charge < -0.3 is 10.4 Å². The minimum Gasteiger partial charge on any atom is -0.480 e. The third kappa shape index (κ3) is 3.80. The Morgan fingerprint density at radius 2 is 1.90 bits per heavy atom. The van der Waals surface area contributed by atoms with Crippen LogP contribution >= 0.6 is 0 Å². The molecule has 0 saturated heterocycles.